The number of nitrogens with one attached hydrogen (secondary N) is 2. The fraction of sp³-hybridized carbons (Fsp3) is 0.667. The molecule has 37 heavy (non-hydrogen) atoms. The molecule has 13 heteroatoms. The SMILES string of the molecule is CN([C@@H]1CC[C@@H](NC(=O)Nc2nnn(C)n2)[C@H](CN2CCC[C@@H](Cc3ccc(F)cc3)C2)C1)S(C)(=O)=O. The number of hydrogen-bond donors (Lipinski definition) is 2. The van der Waals surface area contributed by atoms with Crippen molar-refractivity contribution in [2.75, 3.05) is 38.3 Å². The fourth-order valence-corrected chi connectivity index (χ4v) is 6.37. The van der Waals surface area contributed by atoms with Gasteiger partial charge in [-0.05, 0) is 79.8 Å². The molecule has 2 heterocycles. The lowest BCUT2D eigenvalue weighted by Gasteiger charge is -2.43. The predicted octanol–water partition coefficient (Wildman–Crippen LogP) is 1.85. The van der Waals surface area contributed by atoms with Gasteiger partial charge >= 0.3 is 6.03 Å². The number of carbonyl (C=O) groups excluding carboxylic acids is 1. The number of urea groups is 1. The molecular formula is C24H37FN8O3S. The van der Waals surface area contributed by atoms with E-state index in [-0.39, 0.29) is 29.8 Å². The van der Waals surface area contributed by atoms with Crippen LogP contribution in [0.15, 0.2) is 24.3 Å². The van der Waals surface area contributed by atoms with Crippen LogP contribution in [0.5, 0.6) is 0 Å². The lowest BCUT2D eigenvalue weighted by Crippen LogP contribution is -2.53. The van der Waals surface area contributed by atoms with Crippen LogP contribution in [0, 0.1) is 17.7 Å². The van der Waals surface area contributed by atoms with Gasteiger partial charge < -0.3 is 10.2 Å². The largest absolute Gasteiger partial charge is 0.335 e. The van der Waals surface area contributed by atoms with E-state index >= 15 is 0 Å². The zero-order chi connectivity index (χ0) is 26.6. The molecular weight excluding hydrogens is 499 g/mol. The third-order valence-electron chi connectivity index (χ3n) is 7.58. The van der Waals surface area contributed by atoms with Gasteiger partial charge in [0.05, 0.1) is 13.3 Å². The number of carbonyl (C=O) groups is 1. The van der Waals surface area contributed by atoms with Gasteiger partial charge in [0, 0.05) is 32.2 Å². The van der Waals surface area contributed by atoms with E-state index in [1.165, 1.54) is 27.5 Å². The molecule has 2 amide bonds. The van der Waals surface area contributed by atoms with Gasteiger partial charge in [-0.2, -0.15) is 4.80 Å². The second kappa shape index (κ2) is 11.8. The lowest BCUT2D eigenvalue weighted by molar-refractivity contribution is 0.104. The first-order chi connectivity index (χ1) is 17.6. The van der Waals surface area contributed by atoms with Crippen molar-refractivity contribution in [3.63, 3.8) is 0 Å². The monoisotopic (exact) mass is 536 g/mol. The van der Waals surface area contributed by atoms with Gasteiger partial charge in [-0.15, -0.1) is 5.10 Å². The molecule has 1 aliphatic carbocycles. The summed E-state index contributed by atoms with van der Waals surface area (Å²) in [5.74, 6) is 0.446. The molecule has 0 unspecified atom stereocenters. The highest BCUT2D eigenvalue weighted by molar-refractivity contribution is 7.88. The molecule has 2 N–H and O–H groups in total. The number of rotatable bonds is 8. The summed E-state index contributed by atoms with van der Waals surface area (Å²) < 4.78 is 39.2. The van der Waals surface area contributed by atoms with Crippen LogP contribution in [0.25, 0.3) is 0 Å². The minimum absolute atomic E-state index is 0.0769. The van der Waals surface area contributed by atoms with Crippen LogP contribution < -0.4 is 10.6 Å². The molecule has 1 saturated heterocycles. The van der Waals surface area contributed by atoms with Gasteiger partial charge in [0.2, 0.25) is 10.0 Å². The van der Waals surface area contributed by atoms with Crippen molar-refractivity contribution in [2.24, 2.45) is 18.9 Å². The van der Waals surface area contributed by atoms with Crippen LogP contribution in [0.1, 0.15) is 37.7 Å². The van der Waals surface area contributed by atoms with E-state index in [9.17, 15) is 17.6 Å². The van der Waals surface area contributed by atoms with Crippen molar-refractivity contribution in [1.82, 2.24) is 34.7 Å². The Bertz CT molecular complexity index is 1160. The Morgan fingerprint density at radius 3 is 2.65 bits per heavy atom. The molecule has 2 aliphatic rings. The molecule has 4 atom stereocenters. The second-order valence-electron chi connectivity index (χ2n) is 10.4. The van der Waals surface area contributed by atoms with E-state index in [0.717, 1.165) is 44.5 Å². The quantitative estimate of drug-likeness (QED) is 0.528. The van der Waals surface area contributed by atoms with Crippen LogP contribution in [0.4, 0.5) is 15.1 Å². The Morgan fingerprint density at radius 2 is 1.97 bits per heavy atom. The highest BCUT2D eigenvalue weighted by atomic mass is 32.2. The predicted molar refractivity (Wildman–Crippen MR) is 138 cm³/mol. The Kier molecular flexibility index (Phi) is 8.75. The first kappa shape index (κ1) is 27.4. The number of nitrogens with zero attached hydrogens (tertiary/aromatic N) is 6. The summed E-state index contributed by atoms with van der Waals surface area (Å²) in [6.45, 7) is 2.65. The molecule has 0 bridgehead atoms. The second-order valence-corrected chi connectivity index (χ2v) is 12.5. The van der Waals surface area contributed by atoms with E-state index in [2.05, 4.69) is 30.9 Å². The van der Waals surface area contributed by atoms with Gasteiger partial charge in [-0.1, -0.05) is 17.2 Å². The molecule has 1 aromatic heterocycles. The van der Waals surface area contributed by atoms with Gasteiger partial charge in [0.15, 0.2) is 0 Å². The molecule has 1 aromatic carbocycles. The third kappa shape index (κ3) is 7.68. The summed E-state index contributed by atoms with van der Waals surface area (Å²) in [6, 6.07) is 6.10. The zero-order valence-electron chi connectivity index (χ0n) is 21.7. The number of benzene rings is 1. The summed E-state index contributed by atoms with van der Waals surface area (Å²) in [4.78, 5) is 16.4. The number of halogens is 1. The Balaban J connectivity index is 1.41. The molecule has 1 aliphatic heterocycles. The van der Waals surface area contributed by atoms with Crippen molar-refractivity contribution in [3.8, 4) is 0 Å². The molecule has 2 fully saturated rings. The number of amides is 2. The van der Waals surface area contributed by atoms with Crippen LogP contribution in [0.2, 0.25) is 0 Å². The smallest absolute Gasteiger partial charge is 0.321 e. The van der Waals surface area contributed by atoms with Crippen LogP contribution >= 0.6 is 0 Å². The fourth-order valence-electron chi connectivity index (χ4n) is 5.64. The van der Waals surface area contributed by atoms with Gasteiger partial charge in [0.25, 0.3) is 5.95 Å². The summed E-state index contributed by atoms with van der Waals surface area (Å²) >= 11 is 0. The number of hydrogen-bond acceptors (Lipinski definition) is 7. The summed E-state index contributed by atoms with van der Waals surface area (Å²) in [6.07, 6.45) is 6.33. The topological polar surface area (TPSA) is 125 Å². The Labute approximate surface area is 217 Å². The average molecular weight is 537 g/mol. The highest BCUT2D eigenvalue weighted by Gasteiger charge is 2.37. The van der Waals surface area contributed by atoms with E-state index in [4.69, 9.17) is 0 Å². The molecule has 2 aromatic rings. The molecule has 0 spiro atoms. The van der Waals surface area contributed by atoms with Crippen molar-refractivity contribution in [3.05, 3.63) is 35.6 Å². The number of sulfonamides is 1. The van der Waals surface area contributed by atoms with Crippen molar-refractivity contribution >= 4 is 22.0 Å². The van der Waals surface area contributed by atoms with Crippen molar-refractivity contribution in [1.29, 1.82) is 0 Å². The first-order valence-electron chi connectivity index (χ1n) is 12.8. The Hall–Kier alpha value is -2.64. The van der Waals surface area contributed by atoms with Crippen LogP contribution in [0.3, 0.4) is 0 Å². The average Bonchev–Trinajstić information content (AvgIpc) is 3.25. The lowest BCUT2D eigenvalue weighted by atomic mass is 9.80. The number of likely N-dealkylation sites (tertiary alicyclic amines) is 1. The number of tetrazole rings is 1. The number of aryl methyl sites for hydroxylation is 1. The third-order valence-corrected chi connectivity index (χ3v) is 8.92. The van der Waals surface area contributed by atoms with E-state index in [1.54, 1.807) is 14.1 Å². The molecule has 11 nitrogen and oxygen atoms in total. The number of piperidine rings is 1. The normalized spacial score (nSPS) is 25.2. The summed E-state index contributed by atoms with van der Waals surface area (Å²) in [5, 5.41) is 17.2. The van der Waals surface area contributed by atoms with Crippen LogP contribution in [-0.2, 0) is 23.5 Å². The van der Waals surface area contributed by atoms with E-state index in [0.29, 0.717) is 25.2 Å². The maximum Gasteiger partial charge on any atom is 0.321 e. The Morgan fingerprint density at radius 1 is 1.22 bits per heavy atom. The highest BCUT2D eigenvalue weighted by Crippen LogP contribution is 2.31. The molecule has 204 valence electrons. The standard InChI is InChI=1S/C24H37FN8O3S/c1-31(37(3,35)36)21-10-11-22(26-24(34)27-23-28-30-32(2)29-23)19(14-21)16-33-12-4-5-18(15-33)13-17-6-8-20(25)9-7-17/h6-9,18-19,21-22H,4-5,10-16H2,1-3H3,(H2,26,27,29,34)/t18-,19-,21+,22+/m0/s1. The van der Waals surface area contributed by atoms with Crippen molar-refractivity contribution < 1.29 is 17.6 Å². The summed E-state index contributed by atoms with van der Waals surface area (Å²) in [5.41, 5.74) is 1.13. The number of aromatic nitrogens is 4. The van der Waals surface area contributed by atoms with Gasteiger partial charge in [-0.25, -0.2) is 21.9 Å². The van der Waals surface area contributed by atoms with Gasteiger partial charge in [0.1, 0.15) is 5.82 Å². The van der Waals surface area contributed by atoms with Crippen LogP contribution in [-0.4, -0.2) is 88.9 Å². The maximum atomic E-state index is 13.3. The summed E-state index contributed by atoms with van der Waals surface area (Å²) in [7, 11) is -0.0623. The van der Waals surface area contributed by atoms with Crippen molar-refractivity contribution in [2.45, 2.75) is 50.6 Å². The van der Waals surface area contributed by atoms with E-state index < -0.39 is 16.1 Å². The maximum absolute atomic E-state index is 13.3. The van der Waals surface area contributed by atoms with Gasteiger partial charge in [-0.3, -0.25) is 5.32 Å². The molecule has 1 saturated carbocycles. The number of anilines is 1. The van der Waals surface area contributed by atoms with E-state index in [1.807, 2.05) is 12.1 Å². The molecule has 4 rings (SSSR count). The first-order valence-corrected chi connectivity index (χ1v) is 14.6. The minimum atomic E-state index is -3.32. The minimum Gasteiger partial charge on any atom is -0.335 e. The molecule has 0 radical (unpaired) electrons. The zero-order valence-corrected chi connectivity index (χ0v) is 22.5.